The molecule has 1 fully saturated rings. The zero-order valence-corrected chi connectivity index (χ0v) is 14.6. The van der Waals surface area contributed by atoms with Crippen molar-refractivity contribution in [1.82, 2.24) is 5.32 Å². The van der Waals surface area contributed by atoms with Gasteiger partial charge in [0.1, 0.15) is 6.04 Å². The van der Waals surface area contributed by atoms with Crippen molar-refractivity contribution in [2.75, 3.05) is 10.7 Å². The second-order valence-corrected chi connectivity index (χ2v) is 7.01. The predicted molar refractivity (Wildman–Crippen MR) is 101 cm³/mol. The van der Waals surface area contributed by atoms with Crippen LogP contribution < -0.4 is 10.2 Å². The van der Waals surface area contributed by atoms with Gasteiger partial charge >= 0.3 is 0 Å². The van der Waals surface area contributed by atoms with E-state index in [1.165, 1.54) is 5.56 Å². The van der Waals surface area contributed by atoms with Crippen molar-refractivity contribution in [2.24, 2.45) is 0 Å². The highest BCUT2D eigenvalue weighted by molar-refractivity contribution is 7.98. The third-order valence-electron chi connectivity index (χ3n) is 3.50. The van der Waals surface area contributed by atoms with Gasteiger partial charge in [-0.3, -0.25) is 9.69 Å². The number of thioether (sulfide) groups is 1. The summed E-state index contributed by atoms with van der Waals surface area (Å²) in [5.41, 5.74) is 1.99. The molecule has 3 rings (SSSR count). The van der Waals surface area contributed by atoms with Crippen molar-refractivity contribution >= 4 is 52.3 Å². The van der Waals surface area contributed by atoms with Crippen molar-refractivity contribution in [3.05, 3.63) is 65.2 Å². The van der Waals surface area contributed by atoms with E-state index < -0.39 is 0 Å². The van der Waals surface area contributed by atoms with Gasteiger partial charge in [-0.2, -0.15) is 11.8 Å². The average molecular weight is 363 g/mol. The van der Waals surface area contributed by atoms with Crippen LogP contribution in [0.4, 0.5) is 5.69 Å². The van der Waals surface area contributed by atoms with E-state index in [4.69, 9.17) is 23.8 Å². The monoisotopic (exact) mass is 362 g/mol. The quantitative estimate of drug-likeness (QED) is 0.818. The van der Waals surface area contributed by atoms with Crippen LogP contribution >= 0.6 is 35.6 Å². The lowest BCUT2D eigenvalue weighted by Gasteiger charge is -2.14. The molecule has 3 nitrogen and oxygen atoms in total. The lowest BCUT2D eigenvalue weighted by molar-refractivity contribution is -0.117. The molecular weight excluding hydrogens is 348 g/mol. The van der Waals surface area contributed by atoms with E-state index in [0.717, 1.165) is 16.5 Å². The molecule has 0 bridgehead atoms. The Morgan fingerprint density at radius 3 is 2.52 bits per heavy atom. The van der Waals surface area contributed by atoms with Gasteiger partial charge in [-0.15, -0.1) is 0 Å². The number of amides is 1. The topological polar surface area (TPSA) is 32.3 Å². The Balaban J connectivity index is 1.58. The molecule has 0 radical (unpaired) electrons. The highest BCUT2D eigenvalue weighted by Crippen LogP contribution is 2.22. The molecule has 1 atom stereocenters. The molecule has 2 aromatic carbocycles. The molecule has 1 saturated heterocycles. The van der Waals surface area contributed by atoms with Gasteiger partial charge in [0.15, 0.2) is 5.11 Å². The van der Waals surface area contributed by atoms with E-state index in [-0.39, 0.29) is 11.9 Å². The fourth-order valence-corrected chi connectivity index (χ4v) is 3.81. The number of carbonyl (C=O) groups is 1. The number of carbonyl (C=O) groups excluding carboxylic acids is 1. The summed E-state index contributed by atoms with van der Waals surface area (Å²) in [6, 6.07) is 17.0. The summed E-state index contributed by atoms with van der Waals surface area (Å²) in [6.45, 7) is 0. The molecule has 0 spiro atoms. The first kappa shape index (κ1) is 16.3. The normalized spacial score (nSPS) is 17.4. The number of nitrogens with one attached hydrogen (secondary N) is 1. The summed E-state index contributed by atoms with van der Waals surface area (Å²) in [4.78, 5) is 14.1. The molecule has 0 saturated carbocycles. The van der Waals surface area contributed by atoms with Gasteiger partial charge < -0.3 is 5.32 Å². The summed E-state index contributed by atoms with van der Waals surface area (Å²) in [7, 11) is 0. The molecule has 1 N–H and O–H groups in total. The Hall–Kier alpha value is -1.56. The predicted octanol–water partition coefficient (Wildman–Crippen LogP) is 3.86. The highest BCUT2D eigenvalue weighted by Gasteiger charge is 2.35. The average Bonchev–Trinajstić information content (AvgIpc) is 2.84. The second kappa shape index (κ2) is 7.34. The number of nitrogens with zero attached hydrogens (tertiary/aromatic N) is 1. The number of halogens is 1. The Morgan fingerprint density at radius 2 is 1.83 bits per heavy atom. The van der Waals surface area contributed by atoms with Crippen molar-refractivity contribution in [3.8, 4) is 0 Å². The van der Waals surface area contributed by atoms with Crippen LogP contribution in [0, 0.1) is 0 Å². The minimum atomic E-state index is -0.278. The smallest absolute Gasteiger partial charge is 0.256 e. The van der Waals surface area contributed by atoms with E-state index in [1.807, 2.05) is 54.6 Å². The molecule has 1 unspecified atom stereocenters. The molecule has 1 heterocycles. The van der Waals surface area contributed by atoms with Crippen molar-refractivity contribution in [3.63, 3.8) is 0 Å². The molecule has 0 aromatic heterocycles. The minimum absolute atomic E-state index is 0.00445. The van der Waals surface area contributed by atoms with Crippen molar-refractivity contribution in [1.29, 1.82) is 0 Å². The van der Waals surface area contributed by atoms with E-state index in [2.05, 4.69) is 5.32 Å². The highest BCUT2D eigenvalue weighted by atomic mass is 35.5. The Kier molecular flexibility index (Phi) is 5.20. The lowest BCUT2D eigenvalue weighted by Crippen LogP contribution is -2.32. The summed E-state index contributed by atoms with van der Waals surface area (Å²) in [6.07, 6.45) is 0. The Bertz CT molecular complexity index is 706. The second-order valence-electron chi connectivity index (χ2n) is 5.15. The van der Waals surface area contributed by atoms with Gasteiger partial charge in [0.25, 0.3) is 5.91 Å². The fraction of sp³-hybridized carbons (Fsp3) is 0.176. The number of benzene rings is 2. The van der Waals surface area contributed by atoms with Crippen LogP contribution in [0.2, 0.25) is 5.02 Å². The Morgan fingerprint density at radius 1 is 1.13 bits per heavy atom. The first-order valence-electron chi connectivity index (χ1n) is 7.17. The van der Waals surface area contributed by atoms with Crippen molar-refractivity contribution < 1.29 is 4.79 Å². The largest absolute Gasteiger partial charge is 0.349 e. The molecule has 1 amide bonds. The molecule has 6 heteroatoms. The molecule has 118 valence electrons. The molecule has 1 aliphatic heterocycles. The maximum atomic E-state index is 12.5. The summed E-state index contributed by atoms with van der Waals surface area (Å²) in [5.74, 6) is 1.51. The van der Waals surface area contributed by atoms with Crippen LogP contribution in [-0.4, -0.2) is 22.8 Å². The van der Waals surface area contributed by atoms with Gasteiger partial charge in [0.05, 0.1) is 5.69 Å². The maximum absolute atomic E-state index is 12.5. The molecule has 2 aromatic rings. The number of thiocarbonyl (C=S) groups is 1. The number of hydrogen-bond donors (Lipinski definition) is 1. The zero-order valence-electron chi connectivity index (χ0n) is 12.2. The van der Waals surface area contributed by atoms with Gasteiger partial charge in [0.2, 0.25) is 0 Å². The number of rotatable bonds is 5. The molecule has 23 heavy (non-hydrogen) atoms. The van der Waals surface area contributed by atoms with E-state index in [1.54, 1.807) is 16.7 Å². The summed E-state index contributed by atoms with van der Waals surface area (Å²) in [5, 5.41) is 4.32. The van der Waals surface area contributed by atoms with E-state index in [9.17, 15) is 4.79 Å². The van der Waals surface area contributed by atoms with Crippen LogP contribution in [0.3, 0.4) is 0 Å². The maximum Gasteiger partial charge on any atom is 0.256 e. The molecular formula is C17H15ClN2OS2. The summed E-state index contributed by atoms with van der Waals surface area (Å²) < 4.78 is 0. The fourth-order valence-electron chi connectivity index (χ4n) is 2.34. The third kappa shape index (κ3) is 3.86. The standard InChI is InChI=1S/C17H15ClN2OS2/c18-13-8-6-12(7-9-13)10-23-11-15-16(21)20(17(22)19-15)14-4-2-1-3-5-14/h1-9,15H,10-11H2,(H,19,22). The molecule has 0 aliphatic carbocycles. The van der Waals surface area contributed by atoms with Gasteiger partial charge in [-0.1, -0.05) is 41.9 Å². The molecule has 1 aliphatic rings. The van der Waals surface area contributed by atoms with E-state index in [0.29, 0.717) is 10.9 Å². The van der Waals surface area contributed by atoms with Crippen LogP contribution in [-0.2, 0) is 10.5 Å². The van der Waals surface area contributed by atoms with Crippen LogP contribution in [0.5, 0.6) is 0 Å². The number of anilines is 1. The number of hydrogen-bond acceptors (Lipinski definition) is 3. The van der Waals surface area contributed by atoms with Crippen LogP contribution in [0.1, 0.15) is 5.56 Å². The van der Waals surface area contributed by atoms with Crippen LogP contribution in [0.25, 0.3) is 0 Å². The van der Waals surface area contributed by atoms with Crippen LogP contribution in [0.15, 0.2) is 54.6 Å². The van der Waals surface area contributed by atoms with Gasteiger partial charge in [-0.25, -0.2) is 0 Å². The Labute approximate surface area is 150 Å². The van der Waals surface area contributed by atoms with Crippen molar-refractivity contribution in [2.45, 2.75) is 11.8 Å². The summed E-state index contributed by atoms with van der Waals surface area (Å²) >= 11 is 12.9. The SMILES string of the molecule is O=C1C(CSCc2ccc(Cl)cc2)NC(=S)N1c1ccccc1. The van der Waals surface area contributed by atoms with E-state index >= 15 is 0 Å². The van der Waals surface area contributed by atoms with Gasteiger partial charge in [-0.05, 0) is 42.0 Å². The lowest BCUT2D eigenvalue weighted by atomic mass is 10.2. The third-order valence-corrected chi connectivity index (χ3v) is 5.16. The number of para-hydroxylation sites is 1. The first-order chi connectivity index (χ1) is 11.1. The minimum Gasteiger partial charge on any atom is -0.349 e. The first-order valence-corrected chi connectivity index (χ1v) is 9.11. The van der Waals surface area contributed by atoms with Gasteiger partial charge in [0, 0.05) is 16.5 Å². The zero-order chi connectivity index (χ0) is 16.2.